The predicted molar refractivity (Wildman–Crippen MR) is 69.3 cm³/mol. The molecule has 0 fully saturated rings. The summed E-state index contributed by atoms with van der Waals surface area (Å²) in [6.07, 6.45) is 0. The minimum Gasteiger partial charge on any atom is -0.316 e. The predicted octanol–water partition coefficient (Wildman–Crippen LogP) is 3.66. The Morgan fingerprint density at radius 2 is 1.72 bits per heavy atom. The van der Waals surface area contributed by atoms with Crippen molar-refractivity contribution < 1.29 is 8.78 Å². The molecule has 0 atom stereocenters. The third-order valence-electron chi connectivity index (χ3n) is 2.92. The van der Waals surface area contributed by atoms with Crippen molar-refractivity contribution in [3.63, 3.8) is 0 Å². The molecule has 0 aliphatic rings. The summed E-state index contributed by atoms with van der Waals surface area (Å²) in [4.78, 5) is 0. The van der Waals surface area contributed by atoms with E-state index >= 15 is 0 Å². The van der Waals surface area contributed by atoms with Crippen LogP contribution in [0.5, 0.6) is 0 Å². The molecule has 0 amide bonds. The maximum absolute atomic E-state index is 13.9. The van der Waals surface area contributed by atoms with E-state index in [1.54, 1.807) is 13.0 Å². The fraction of sp³-hybridized carbons (Fsp3) is 0.200. The first-order valence-electron chi connectivity index (χ1n) is 5.82. The highest BCUT2D eigenvalue weighted by Gasteiger charge is 2.11. The monoisotopic (exact) mass is 247 g/mol. The Labute approximate surface area is 105 Å². The van der Waals surface area contributed by atoms with Gasteiger partial charge in [-0.05, 0) is 36.7 Å². The largest absolute Gasteiger partial charge is 0.316 e. The molecule has 0 radical (unpaired) electrons. The van der Waals surface area contributed by atoms with Crippen molar-refractivity contribution in [2.45, 2.75) is 13.5 Å². The fourth-order valence-electron chi connectivity index (χ4n) is 1.99. The van der Waals surface area contributed by atoms with Gasteiger partial charge in [0.1, 0.15) is 11.6 Å². The Hall–Kier alpha value is -1.74. The van der Waals surface area contributed by atoms with E-state index < -0.39 is 11.6 Å². The molecule has 0 saturated carbocycles. The van der Waals surface area contributed by atoms with Gasteiger partial charge in [-0.3, -0.25) is 0 Å². The van der Waals surface area contributed by atoms with E-state index in [0.29, 0.717) is 17.7 Å². The van der Waals surface area contributed by atoms with Crippen molar-refractivity contribution in [1.29, 1.82) is 0 Å². The second-order valence-corrected chi connectivity index (χ2v) is 4.27. The summed E-state index contributed by atoms with van der Waals surface area (Å²) < 4.78 is 27.1. The van der Waals surface area contributed by atoms with E-state index in [2.05, 4.69) is 5.32 Å². The van der Waals surface area contributed by atoms with E-state index in [1.165, 1.54) is 0 Å². The molecule has 2 aromatic carbocycles. The van der Waals surface area contributed by atoms with Crippen LogP contribution in [0, 0.1) is 18.6 Å². The van der Waals surface area contributed by atoms with Crippen LogP contribution in [0.25, 0.3) is 11.1 Å². The van der Waals surface area contributed by atoms with Gasteiger partial charge in [-0.1, -0.05) is 24.3 Å². The van der Waals surface area contributed by atoms with Crippen LogP contribution in [0.1, 0.15) is 11.1 Å². The first kappa shape index (κ1) is 12.7. The molecule has 1 nitrogen and oxygen atoms in total. The van der Waals surface area contributed by atoms with Crippen LogP contribution in [0.4, 0.5) is 8.78 Å². The van der Waals surface area contributed by atoms with Gasteiger partial charge < -0.3 is 5.32 Å². The maximum Gasteiger partial charge on any atom is 0.133 e. The van der Waals surface area contributed by atoms with Gasteiger partial charge in [-0.25, -0.2) is 8.78 Å². The summed E-state index contributed by atoms with van der Waals surface area (Å²) in [7, 11) is 1.84. The summed E-state index contributed by atoms with van der Waals surface area (Å²) >= 11 is 0. The van der Waals surface area contributed by atoms with E-state index in [-0.39, 0.29) is 0 Å². The number of rotatable bonds is 3. The highest BCUT2D eigenvalue weighted by molar-refractivity contribution is 5.68. The van der Waals surface area contributed by atoms with Crippen LogP contribution in [0.2, 0.25) is 0 Å². The Kier molecular flexibility index (Phi) is 3.72. The fourth-order valence-corrected chi connectivity index (χ4v) is 1.99. The average molecular weight is 247 g/mol. The van der Waals surface area contributed by atoms with Crippen LogP contribution in [-0.2, 0) is 6.54 Å². The van der Waals surface area contributed by atoms with Gasteiger partial charge in [-0.2, -0.15) is 0 Å². The number of benzene rings is 2. The van der Waals surface area contributed by atoms with Gasteiger partial charge >= 0.3 is 0 Å². The molecule has 0 aliphatic carbocycles. The number of aryl methyl sites for hydroxylation is 1. The number of nitrogens with one attached hydrogen (secondary N) is 1. The lowest BCUT2D eigenvalue weighted by atomic mass is 9.97. The Balaban J connectivity index is 2.58. The molecule has 0 aromatic heterocycles. The SMILES string of the molecule is CNCc1ccccc1-c1cc(C)c(F)cc1F. The zero-order valence-electron chi connectivity index (χ0n) is 10.4. The van der Waals surface area contributed by atoms with Crippen molar-refractivity contribution in [2.24, 2.45) is 0 Å². The first-order chi connectivity index (χ1) is 8.63. The summed E-state index contributed by atoms with van der Waals surface area (Å²) in [6.45, 7) is 2.28. The quantitative estimate of drug-likeness (QED) is 0.872. The Bertz CT molecular complexity index is 564. The molecule has 94 valence electrons. The summed E-state index contributed by atoms with van der Waals surface area (Å²) in [6, 6.07) is 10.0. The van der Waals surface area contributed by atoms with Crippen LogP contribution < -0.4 is 5.32 Å². The van der Waals surface area contributed by atoms with Crippen molar-refractivity contribution in [2.75, 3.05) is 7.05 Å². The zero-order chi connectivity index (χ0) is 13.1. The average Bonchev–Trinajstić information content (AvgIpc) is 2.35. The van der Waals surface area contributed by atoms with Gasteiger partial charge in [0, 0.05) is 18.2 Å². The van der Waals surface area contributed by atoms with Crippen LogP contribution in [0.3, 0.4) is 0 Å². The summed E-state index contributed by atoms with van der Waals surface area (Å²) in [5, 5.41) is 3.04. The molecule has 0 aliphatic heterocycles. The van der Waals surface area contributed by atoms with Crippen molar-refractivity contribution in [3.05, 3.63) is 59.2 Å². The van der Waals surface area contributed by atoms with Crippen molar-refractivity contribution in [1.82, 2.24) is 5.32 Å². The summed E-state index contributed by atoms with van der Waals surface area (Å²) in [5.41, 5.74) is 2.68. The molecule has 0 unspecified atom stereocenters. The molecule has 0 spiro atoms. The van der Waals surface area contributed by atoms with Crippen molar-refractivity contribution in [3.8, 4) is 11.1 Å². The van der Waals surface area contributed by atoms with Gasteiger partial charge in [0.25, 0.3) is 0 Å². The molecular weight excluding hydrogens is 232 g/mol. The van der Waals surface area contributed by atoms with Gasteiger partial charge in [-0.15, -0.1) is 0 Å². The Morgan fingerprint density at radius 1 is 1.00 bits per heavy atom. The minimum atomic E-state index is -0.526. The zero-order valence-corrected chi connectivity index (χ0v) is 10.4. The molecule has 0 bridgehead atoms. The number of hydrogen-bond donors (Lipinski definition) is 1. The molecule has 18 heavy (non-hydrogen) atoms. The van der Waals surface area contributed by atoms with Crippen LogP contribution >= 0.6 is 0 Å². The molecular formula is C15H15F2N. The maximum atomic E-state index is 13.9. The molecule has 0 heterocycles. The number of halogens is 2. The third-order valence-corrected chi connectivity index (χ3v) is 2.92. The summed E-state index contributed by atoms with van der Waals surface area (Å²) in [5.74, 6) is -1.04. The lowest BCUT2D eigenvalue weighted by Gasteiger charge is -2.11. The molecule has 2 rings (SSSR count). The second kappa shape index (κ2) is 5.27. The van der Waals surface area contributed by atoms with E-state index in [1.807, 2.05) is 31.3 Å². The highest BCUT2D eigenvalue weighted by Crippen LogP contribution is 2.28. The lowest BCUT2D eigenvalue weighted by Crippen LogP contribution is -2.06. The lowest BCUT2D eigenvalue weighted by molar-refractivity contribution is 0.579. The normalized spacial score (nSPS) is 10.7. The van der Waals surface area contributed by atoms with Gasteiger partial charge in [0.15, 0.2) is 0 Å². The topological polar surface area (TPSA) is 12.0 Å². The van der Waals surface area contributed by atoms with Gasteiger partial charge in [0.05, 0.1) is 0 Å². The standard InChI is InChI=1S/C15H15F2N/c1-10-7-13(15(17)8-14(10)16)12-6-4-3-5-11(12)9-18-2/h3-8,18H,9H2,1-2H3. The molecule has 2 aromatic rings. The van der Waals surface area contributed by atoms with Crippen molar-refractivity contribution >= 4 is 0 Å². The second-order valence-electron chi connectivity index (χ2n) is 4.27. The van der Waals surface area contributed by atoms with E-state index in [9.17, 15) is 8.78 Å². The number of hydrogen-bond acceptors (Lipinski definition) is 1. The molecule has 3 heteroatoms. The minimum absolute atomic E-state index is 0.444. The van der Waals surface area contributed by atoms with E-state index in [0.717, 1.165) is 17.2 Å². The smallest absolute Gasteiger partial charge is 0.133 e. The first-order valence-corrected chi connectivity index (χ1v) is 5.82. The van der Waals surface area contributed by atoms with Crippen LogP contribution in [-0.4, -0.2) is 7.05 Å². The molecule has 0 saturated heterocycles. The molecule has 1 N–H and O–H groups in total. The Morgan fingerprint density at radius 3 is 2.44 bits per heavy atom. The highest BCUT2D eigenvalue weighted by atomic mass is 19.1. The van der Waals surface area contributed by atoms with Gasteiger partial charge in [0.2, 0.25) is 0 Å². The van der Waals surface area contributed by atoms with Crippen LogP contribution in [0.15, 0.2) is 36.4 Å². The third kappa shape index (κ3) is 2.41. The van der Waals surface area contributed by atoms with E-state index in [4.69, 9.17) is 0 Å².